The van der Waals surface area contributed by atoms with Crippen molar-refractivity contribution in [1.29, 1.82) is 0 Å². The van der Waals surface area contributed by atoms with E-state index >= 15 is 0 Å². The highest BCUT2D eigenvalue weighted by atomic mass is 35.5. The van der Waals surface area contributed by atoms with Crippen molar-refractivity contribution in [3.8, 4) is 0 Å². The summed E-state index contributed by atoms with van der Waals surface area (Å²) in [6.07, 6.45) is 5.76. The molecule has 86 valence electrons. The Morgan fingerprint density at radius 3 is 2.76 bits per heavy atom. The average Bonchev–Trinajstić information content (AvgIpc) is 2.34. The van der Waals surface area contributed by atoms with E-state index in [0.29, 0.717) is 11.4 Å². The Morgan fingerprint density at radius 2 is 2.12 bits per heavy atom. The fraction of sp³-hybridized carbons (Fsp3) is 0. The van der Waals surface area contributed by atoms with Gasteiger partial charge in [0.05, 0.1) is 16.8 Å². The summed E-state index contributed by atoms with van der Waals surface area (Å²) in [5.74, 6) is 0.160. The van der Waals surface area contributed by atoms with Crippen LogP contribution in [0.2, 0.25) is 5.02 Å². The molecule has 3 N–H and O–H groups in total. The first-order chi connectivity index (χ1) is 8.16. The number of carbonyl (C=O) groups is 1. The maximum Gasteiger partial charge on any atom is 0.258 e. The zero-order valence-electron chi connectivity index (χ0n) is 8.59. The fourth-order valence-electron chi connectivity index (χ4n) is 1.12. The molecule has 0 unspecified atom stereocenters. The van der Waals surface area contributed by atoms with Gasteiger partial charge in [0.1, 0.15) is 5.82 Å². The number of carbonyl (C=O) groups excluding carboxylic acids is 1. The van der Waals surface area contributed by atoms with E-state index in [1.165, 1.54) is 30.9 Å². The molecule has 6 nitrogen and oxygen atoms in total. The van der Waals surface area contributed by atoms with Crippen molar-refractivity contribution in [3.05, 3.63) is 41.4 Å². The molecule has 0 aromatic carbocycles. The Balaban J connectivity index is 2.18. The van der Waals surface area contributed by atoms with Crippen molar-refractivity contribution in [3.63, 3.8) is 0 Å². The van der Waals surface area contributed by atoms with Crippen LogP contribution in [0.25, 0.3) is 0 Å². The van der Waals surface area contributed by atoms with Gasteiger partial charge in [-0.05, 0) is 6.07 Å². The first kappa shape index (κ1) is 11.3. The predicted octanol–water partition coefficient (Wildman–Crippen LogP) is 1.36. The van der Waals surface area contributed by atoms with Crippen molar-refractivity contribution in [1.82, 2.24) is 15.0 Å². The number of anilines is 2. The lowest BCUT2D eigenvalue weighted by Gasteiger charge is -2.04. The number of pyridine rings is 1. The molecule has 17 heavy (non-hydrogen) atoms. The Kier molecular flexibility index (Phi) is 3.15. The Labute approximate surface area is 102 Å². The van der Waals surface area contributed by atoms with Crippen molar-refractivity contribution < 1.29 is 4.79 Å². The Hall–Kier alpha value is -2.21. The van der Waals surface area contributed by atoms with Crippen molar-refractivity contribution in [2.75, 3.05) is 11.1 Å². The number of halogens is 1. The van der Waals surface area contributed by atoms with Crippen LogP contribution in [0.15, 0.2) is 30.9 Å². The van der Waals surface area contributed by atoms with Crippen molar-refractivity contribution in [2.24, 2.45) is 0 Å². The molecule has 2 rings (SSSR count). The zero-order chi connectivity index (χ0) is 12.3. The Morgan fingerprint density at radius 1 is 1.29 bits per heavy atom. The third-order valence-electron chi connectivity index (χ3n) is 1.94. The molecular formula is C10H8ClN5O. The molecule has 1 amide bonds. The quantitative estimate of drug-likeness (QED) is 0.838. The number of nitrogen functional groups attached to an aromatic ring is 1. The summed E-state index contributed by atoms with van der Waals surface area (Å²) in [4.78, 5) is 23.3. The molecule has 0 saturated carbocycles. The van der Waals surface area contributed by atoms with Crippen LogP contribution in [0.5, 0.6) is 0 Å². The number of aromatic nitrogens is 3. The van der Waals surface area contributed by atoms with Crippen LogP contribution in [-0.2, 0) is 0 Å². The largest absolute Gasteiger partial charge is 0.382 e. The lowest BCUT2D eigenvalue weighted by molar-refractivity contribution is 0.102. The summed E-state index contributed by atoms with van der Waals surface area (Å²) in [5, 5.41) is 2.79. The van der Waals surface area contributed by atoms with E-state index in [-0.39, 0.29) is 16.7 Å². The van der Waals surface area contributed by atoms with Gasteiger partial charge >= 0.3 is 0 Å². The number of hydrogen-bond donors (Lipinski definition) is 2. The van der Waals surface area contributed by atoms with Crippen molar-refractivity contribution in [2.45, 2.75) is 0 Å². The maximum absolute atomic E-state index is 11.8. The first-order valence-corrected chi connectivity index (χ1v) is 5.03. The van der Waals surface area contributed by atoms with E-state index in [9.17, 15) is 4.79 Å². The van der Waals surface area contributed by atoms with Gasteiger partial charge in [-0.1, -0.05) is 11.6 Å². The first-order valence-electron chi connectivity index (χ1n) is 4.65. The number of nitrogens with zero attached hydrogens (tertiary/aromatic N) is 3. The van der Waals surface area contributed by atoms with Gasteiger partial charge in [0.25, 0.3) is 5.91 Å². The average molecular weight is 250 g/mol. The molecule has 0 aliphatic carbocycles. The van der Waals surface area contributed by atoms with E-state index in [1.807, 2.05) is 0 Å². The van der Waals surface area contributed by atoms with Gasteiger partial charge in [0.2, 0.25) is 0 Å². The van der Waals surface area contributed by atoms with Gasteiger partial charge in [-0.15, -0.1) is 0 Å². The van der Waals surface area contributed by atoms with Crippen LogP contribution in [0.3, 0.4) is 0 Å². The molecule has 0 spiro atoms. The molecule has 0 radical (unpaired) electrons. The second-order valence-corrected chi connectivity index (χ2v) is 3.54. The minimum Gasteiger partial charge on any atom is -0.382 e. The summed E-state index contributed by atoms with van der Waals surface area (Å²) in [6.45, 7) is 0. The van der Waals surface area contributed by atoms with E-state index in [1.54, 1.807) is 0 Å². The lowest BCUT2D eigenvalue weighted by atomic mass is 10.2. The number of nitrogens with one attached hydrogen (secondary N) is 1. The summed E-state index contributed by atoms with van der Waals surface area (Å²) in [6, 6.07) is 1.44. The minimum absolute atomic E-state index is 0.183. The smallest absolute Gasteiger partial charge is 0.258 e. The van der Waals surface area contributed by atoms with Gasteiger partial charge in [0.15, 0.2) is 5.82 Å². The molecular weight excluding hydrogens is 242 g/mol. The van der Waals surface area contributed by atoms with Crippen LogP contribution in [-0.4, -0.2) is 20.9 Å². The SMILES string of the molecule is Nc1ncc(C(=O)Nc2cnccn2)cc1Cl. The van der Waals surface area contributed by atoms with Gasteiger partial charge in [0, 0.05) is 18.6 Å². The summed E-state index contributed by atoms with van der Waals surface area (Å²) < 4.78 is 0. The van der Waals surface area contributed by atoms with Crippen LogP contribution in [0.4, 0.5) is 11.6 Å². The molecule has 7 heteroatoms. The monoisotopic (exact) mass is 249 g/mol. The van der Waals surface area contributed by atoms with Gasteiger partial charge in [-0.25, -0.2) is 9.97 Å². The number of rotatable bonds is 2. The topological polar surface area (TPSA) is 93.8 Å². The van der Waals surface area contributed by atoms with E-state index < -0.39 is 0 Å². The highest BCUT2D eigenvalue weighted by Gasteiger charge is 2.09. The number of amides is 1. The molecule has 0 atom stereocenters. The van der Waals surface area contributed by atoms with Gasteiger partial charge in [-0.3, -0.25) is 9.78 Å². The van der Waals surface area contributed by atoms with E-state index in [0.717, 1.165) is 0 Å². The highest BCUT2D eigenvalue weighted by Crippen LogP contribution is 2.17. The molecule has 2 aromatic heterocycles. The fourth-order valence-corrected chi connectivity index (χ4v) is 1.29. The lowest BCUT2D eigenvalue weighted by Crippen LogP contribution is -2.13. The van der Waals surface area contributed by atoms with E-state index in [4.69, 9.17) is 17.3 Å². The Bertz CT molecular complexity index is 546. The molecule has 0 aliphatic heterocycles. The standard InChI is InChI=1S/C10H8ClN5O/c11-7-3-6(4-15-9(7)12)10(17)16-8-5-13-1-2-14-8/h1-5H,(H2,12,15)(H,14,16,17). The summed E-state index contributed by atoms with van der Waals surface area (Å²) in [7, 11) is 0. The molecule has 2 aromatic rings. The molecule has 0 bridgehead atoms. The van der Waals surface area contributed by atoms with Gasteiger partial charge in [-0.2, -0.15) is 0 Å². The second-order valence-electron chi connectivity index (χ2n) is 3.14. The van der Waals surface area contributed by atoms with Crippen LogP contribution >= 0.6 is 11.6 Å². The molecule has 2 heterocycles. The molecule has 0 fully saturated rings. The number of nitrogens with two attached hydrogens (primary N) is 1. The third-order valence-corrected chi connectivity index (χ3v) is 2.24. The zero-order valence-corrected chi connectivity index (χ0v) is 9.35. The molecule has 0 saturated heterocycles. The highest BCUT2D eigenvalue weighted by molar-refractivity contribution is 6.33. The second kappa shape index (κ2) is 4.75. The van der Waals surface area contributed by atoms with Gasteiger partial charge < -0.3 is 11.1 Å². The minimum atomic E-state index is -0.375. The summed E-state index contributed by atoms with van der Waals surface area (Å²) >= 11 is 5.77. The van der Waals surface area contributed by atoms with E-state index in [2.05, 4.69) is 20.3 Å². The van der Waals surface area contributed by atoms with Crippen LogP contribution in [0, 0.1) is 0 Å². The summed E-state index contributed by atoms with van der Waals surface area (Å²) in [5.41, 5.74) is 5.75. The predicted molar refractivity (Wildman–Crippen MR) is 63.6 cm³/mol. The van der Waals surface area contributed by atoms with Crippen LogP contribution < -0.4 is 11.1 Å². The normalized spacial score (nSPS) is 9.94. The van der Waals surface area contributed by atoms with Crippen molar-refractivity contribution >= 4 is 29.1 Å². The third kappa shape index (κ3) is 2.67. The maximum atomic E-state index is 11.8. The molecule has 0 aliphatic rings. The number of hydrogen-bond acceptors (Lipinski definition) is 5. The van der Waals surface area contributed by atoms with Crippen LogP contribution in [0.1, 0.15) is 10.4 Å².